The summed E-state index contributed by atoms with van der Waals surface area (Å²) in [6.07, 6.45) is 0. The normalized spacial score (nSPS) is 17.5. The monoisotopic (exact) mass is 236 g/mol. The van der Waals surface area contributed by atoms with Gasteiger partial charge < -0.3 is 9.80 Å². The standard InChI is InChI=1S/C12H16N2OS/c1-13-6-8-14(9-7-13)12(15)10-4-2-3-5-11(10)16/h2-5,16H,6-9H2,1H3. The third-order valence-corrected chi connectivity index (χ3v) is 3.31. The van der Waals surface area contributed by atoms with Crippen LogP contribution >= 0.6 is 12.6 Å². The van der Waals surface area contributed by atoms with Crippen LogP contribution in [0.2, 0.25) is 0 Å². The van der Waals surface area contributed by atoms with Crippen molar-refractivity contribution in [1.82, 2.24) is 9.80 Å². The van der Waals surface area contributed by atoms with Gasteiger partial charge in [-0.15, -0.1) is 12.6 Å². The van der Waals surface area contributed by atoms with E-state index in [1.54, 1.807) is 0 Å². The lowest BCUT2D eigenvalue weighted by atomic mass is 10.2. The Bertz CT molecular complexity index is 386. The van der Waals surface area contributed by atoms with Gasteiger partial charge in [-0.2, -0.15) is 0 Å². The number of benzene rings is 1. The lowest BCUT2D eigenvalue weighted by Crippen LogP contribution is -2.47. The van der Waals surface area contributed by atoms with Crippen LogP contribution in [0.1, 0.15) is 10.4 Å². The fourth-order valence-electron chi connectivity index (χ4n) is 1.83. The van der Waals surface area contributed by atoms with Crippen molar-refractivity contribution in [1.29, 1.82) is 0 Å². The molecule has 0 unspecified atom stereocenters. The number of hydrogen-bond acceptors (Lipinski definition) is 3. The summed E-state index contributed by atoms with van der Waals surface area (Å²) in [6, 6.07) is 7.46. The van der Waals surface area contributed by atoms with Gasteiger partial charge in [-0.25, -0.2) is 0 Å². The molecule has 0 aliphatic carbocycles. The van der Waals surface area contributed by atoms with Crippen molar-refractivity contribution in [2.24, 2.45) is 0 Å². The van der Waals surface area contributed by atoms with Gasteiger partial charge in [0, 0.05) is 31.1 Å². The predicted octanol–water partition coefficient (Wildman–Crippen LogP) is 1.36. The zero-order valence-corrected chi connectivity index (χ0v) is 10.3. The van der Waals surface area contributed by atoms with Crippen molar-refractivity contribution < 1.29 is 4.79 Å². The zero-order chi connectivity index (χ0) is 11.5. The molecule has 1 aromatic rings. The van der Waals surface area contributed by atoms with Gasteiger partial charge in [0.2, 0.25) is 0 Å². The van der Waals surface area contributed by atoms with Crippen LogP contribution in [0, 0.1) is 0 Å². The van der Waals surface area contributed by atoms with E-state index in [-0.39, 0.29) is 5.91 Å². The Labute approximate surface area is 101 Å². The zero-order valence-electron chi connectivity index (χ0n) is 9.39. The molecular formula is C12H16N2OS. The molecular weight excluding hydrogens is 220 g/mol. The van der Waals surface area contributed by atoms with E-state index < -0.39 is 0 Å². The van der Waals surface area contributed by atoms with Gasteiger partial charge in [0.05, 0.1) is 5.56 Å². The van der Waals surface area contributed by atoms with Crippen molar-refractivity contribution in [3.63, 3.8) is 0 Å². The smallest absolute Gasteiger partial charge is 0.255 e. The molecule has 16 heavy (non-hydrogen) atoms. The molecule has 1 amide bonds. The molecule has 0 spiro atoms. The first-order valence-electron chi connectivity index (χ1n) is 5.44. The number of amides is 1. The van der Waals surface area contributed by atoms with Gasteiger partial charge in [-0.05, 0) is 19.2 Å². The SMILES string of the molecule is CN1CCN(C(=O)c2ccccc2S)CC1. The van der Waals surface area contributed by atoms with E-state index >= 15 is 0 Å². The molecule has 0 aromatic heterocycles. The van der Waals surface area contributed by atoms with E-state index in [4.69, 9.17) is 0 Å². The molecule has 1 aliphatic rings. The maximum atomic E-state index is 12.2. The Balaban J connectivity index is 2.11. The Morgan fingerprint density at radius 3 is 2.44 bits per heavy atom. The Hall–Kier alpha value is -1.00. The molecule has 1 aromatic carbocycles. The lowest BCUT2D eigenvalue weighted by molar-refractivity contribution is 0.0660. The molecule has 0 bridgehead atoms. The molecule has 1 saturated heterocycles. The molecule has 0 N–H and O–H groups in total. The van der Waals surface area contributed by atoms with Gasteiger partial charge in [0.15, 0.2) is 0 Å². The number of carbonyl (C=O) groups excluding carboxylic acids is 1. The lowest BCUT2D eigenvalue weighted by Gasteiger charge is -2.32. The Morgan fingerprint density at radius 2 is 1.81 bits per heavy atom. The number of likely N-dealkylation sites (N-methyl/N-ethyl adjacent to an activating group) is 1. The average molecular weight is 236 g/mol. The van der Waals surface area contributed by atoms with Crippen LogP contribution in [0.15, 0.2) is 29.2 Å². The molecule has 1 fully saturated rings. The Morgan fingerprint density at radius 1 is 1.19 bits per heavy atom. The van der Waals surface area contributed by atoms with Gasteiger partial charge in [0.25, 0.3) is 5.91 Å². The number of thiol groups is 1. The highest BCUT2D eigenvalue weighted by molar-refractivity contribution is 7.80. The summed E-state index contributed by atoms with van der Waals surface area (Å²) in [6.45, 7) is 3.50. The fourth-order valence-corrected chi connectivity index (χ4v) is 2.09. The second-order valence-electron chi connectivity index (χ2n) is 4.11. The summed E-state index contributed by atoms with van der Waals surface area (Å²) in [7, 11) is 2.08. The molecule has 3 nitrogen and oxygen atoms in total. The average Bonchev–Trinajstić information content (AvgIpc) is 2.30. The third kappa shape index (κ3) is 2.39. The summed E-state index contributed by atoms with van der Waals surface area (Å²) in [5.41, 5.74) is 0.704. The minimum Gasteiger partial charge on any atom is -0.336 e. The first-order chi connectivity index (χ1) is 7.68. The van der Waals surface area contributed by atoms with Crippen LogP contribution in [0.25, 0.3) is 0 Å². The molecule has 4 heteroatoms. The van der Waals surface area contributed by atoms with Crippen LogP contribution < -0.4 is 0 Å². The molecule has 1 aliphatic heterocycles. The highest BCUT2D eigenvalue weighted by atomic mass is 32.1. The number of piperazine rings is 1. The van der Waals surface area contributed by atoms with Crippen molar-refractivity contribution in [3.8, 4) is 0 Å². The third-order valence-electron chi connectivity index (χ3n) is 2.92. The topological polar surface area (TPSA) is 23.6 Å². The van der Waals surface area contributed by atoms with Crippen molar-refractivity contribution in [2.75, 3.05) is 33.2 Å². The minimum absolute atomic E-state index is 0.0960. The highest BCUT2D eigenvalue weighted by Crippen LogP contribution is 2.16. The fraction of sp³-hybridized carbons (Fsp3) is 0.417. The number of hydrogen-bond donors (Lipinski definition) is 1. The van der Waals surface area contributed by atoms with Gasteiger partial charge in [-0.1, -0.05) is 12.1 Å². The number of nitrogens with zero attached hydrogens (tertiary/aromatic N) is 2. The molecule has 86 valence electrons. The van der Waals surface area contributed by atoms with Crippen LogP contribution in [0.4, 0.5) is 0 Å². The van der Waals surface area contributed by atoms with E-state index in [9.17, 15) is 4.79 Å². The maximum absolute atomic E-state index is 12.2. The largest absolute Gasteiger partial charge is 0.336 e. The van der Waals surface area contributed by atoms with Crippen LogP contribution in [0.3, 0.4) is 0 Å². The molecule has 2 rings (SSSR count). The molecule has 0 radical (unpaired) electrons. The summed E-state index contributed by atoms with van der Waals surface area (Å²) >= 11 is 4.32. The summed E-state index contributed by atoms with van der Waals surface area (Å²) in [5.74, 6) is 0.0960. The van der Waals surface area contributed by atoms with Crippen molar-refractivity contribution >= 4 is 18.5 Å². The molecule has 0 saturated carbocycles. The van der Waals surface area contributed by atoms with Crippen molar-refractivity contribution in [3.05, 3.63) is 29.8 Å². The van der Waals surface area contributed by atoms with Gasteiger partial charge >= 0.3 is 0 Å². The summed E-state index contributed by atoms with van der Waals surface area (Å²) < 4.78 is 0. The minimum atomic E-state index is 0.0960. The van der Waals surface area contributed by atoms with E-state index in [0.717, 1.165) is 31.1 Å². The van der Waals surface area contributed by atoms with Crippen molar-refractivity contribution in [2.45, 2.75) is 4.90 Å². The first-order valence-corrected chi connectivity index (χ1v) is 5.89. The van der Waals surface area contributed by atoms with E-state index in [2.05, 4.69) is 24.6 Å². The van der Waals surface area contributed by atoms with E-state index in [1.165, 1.54) is 0 Å². The van der Waals surface area contributed by atoms with Gasteiger partial charge in [0.1, 0.15) is 0 Å². The second kappa shape index (κ2) is 4.89. The van der Waals surface area contributed by atoms with Crippen LogP contribution in [-0.2, 0) is 0 Å². The first kappa shape index (κ1) is 11.5. The van der Waals surface area contributed by atoms with Crippen LogP contribution in [0.5, 0.6) is 0 Å². The molecule has 1 heterocycles. The highest BCUT2D eigenvalue weighted by Gasteiger charge is 2.21. The van der Waals surface area contributed by atoms with E-state index in [0.29, 0.717) is 5.56 Å². The quantitative estimate of drug-likeness (QED) is 0.744. The second-order valence-corrected chi connectivity index (χ2v) is 4.59. The summed E-state index contributed by atoms with van der Waals surface area (Å²) in [5, 5.41) is 0. The predicted molar refractivity (Wildman–Crippen MR) is 67.1 cm³/mol. The Kier molecular flexibility index (Phi) is 3.51. The maximum Gasteiger partial charge on any atom is 0.255 e. The van der Waals surface area contributed by atoms with E-state index in [1.807, 2.05) is 29.2 Å². The van der Waals surface area contributed by atoms with Gasteiger partial charge in [-0.3, -0.25) is 4.79 Å². The number of carbonyl (C=O) groups is 1. The molecule has 0 atom stereocenters. The summed E-state index contributed by atoms with van der Waals surface area (Å²) in [4.78, 5) is 17.1. The number of rotatable bonds is 1. The van der Waals surface area contributed by atoms with Crippen LogP contribution in [-0.4, -0.2) is 48.9 Å².